The van der Waals surface area contributed by atoms with Crippen LogP contribution < -0.4 is 4.72 Å². The van der Waals surface area contributed by atoms with E-state index in [0.29, 0.717) is 0 Å². The van der Waals surface area contributed by atoms with Crippen molar-refractivity contribution in [2.45, 2.75) is 44.9 Å². The van der Waals surface area contributed by atoms with E-state index in [0.717, 1.165) is 12.0 Å². The minimum Gasteiger partial charge on any atom is -0.242 e. The highest BCUT2D eigenvalue weighted by Crippen LogP contribution is 2.18. The van der Waals surface area contributed by atoms with Crippen molar-refractivity contribution in [3.8, 4) is 0 Å². The van der Waals surface area contributed by atoms with Crippen molar-refractivity contribution in [2.75, 3.05) is 0 Å². The van der Waals surface area contributed by atoms with Crippen molar-refractivity contribution >= 4 is 11.0 Å². The number of benzene rings is 2. The van der Waals surface area contributed by atoms with Gasteiger partial charge in [0.05, 0.1) is 15.7 Å². The molecule has 0 saturated carbocycles. The van der Waals surface area contributed by atoms with Gasteiger partial charge in [0.2, 0.25) is 0 Å². The van der Waals surface area contributed by atoms with Crippen LogP contribution in [-0.4, -0.2) is 8.96 Å². The van der Waals surface area contributed by atoms with Crippen LogP contribution in [0.4, 0.5) is 0 Å². The van der Waals surface area contributed by atoms with Gasteiger partial charge in [-0.15, -0.1) is 0 Å². The maximum absolute atomic E-state index is 12.2. The molecule has 0 fully saturated rings. The summed E-state index contributed by atoms with van der Waals surface area (Å²) >= 11 is 0. The molecule has 2 nitrogen and oxygen atoms in total. The Morgan fingerprint density at radius 3 is 2.05 bits per heavy atom. The standard InChI is InChI=1S/C19H25NOS/c1-15(20-22(21)19(2,3)4)18-12-10-17(11-13-18)14-16-8-6-5-7-9-16/h5-13,15,20H,14H2,1-4H3/t15-,22?/m1/s1. The van der Waals surface area contributed by atoms with Gasteiger partial charge in [0, 0.05) is 6.04 Å². The summed E-state index contributed by atoms with van der Waals surface area (Å²) in [5.41, 5.74) is 3.77. The molecule has 2 rings (SSSR count). The van der Waals surface area contributed by atoms with Gasteiger partial charge in [-0.1, -0.05) is 54.6 Å². The second-order valence-electron chi connectivity index (χ2n) is 6.62. The van der Waals surface area contributed by atoms with Gasteiger partial charge in [-0.05, 0) is 50.8 Å². The molecule has 2 aromatic carbocycles. The first-order valence-electron chi connectivity index (χ1n) is 7.67. The Morgan fingerprint density at radius 2 is 1.50 bits per heavy atom. The molecule has 0 aromatic heterocycles. The number of nitrogens with one attached hydrogen (secondary N) is 1. The largest absolute Gasteiger partial charge is 0.242 e. The van der Waals surface area contributed by atoms with Gasteiger partial charge in [-0.3, -0.25) is 0 Å². The van der Waals surface area contributed by atoms with Crippen molar-refractivity contribution in [3.05, 3.63) is 71.3 Å². The quantitative estimate of drug-likeness (QED) is 0.871. The molecule has 0 aliphatic heterocycles. The monoisotopic (exact) mass is 315 g/mol. The minimum absolute atomic E-state index is 0.0748. The van der Waals surface area contributed by atoms with Crippen LogP contribution in [-0.2, 0) is 17.4 Å². The van der Waals surface area contributed by atoms with Crippen LogP contribution in [0.2, 0.25) is 0 Å². The predicted molar refractivity (Wildman–Crippen MR) is 95.1 cm³/mol. The highest BCUT2D eigenvalue weighted by atomic mass is 32.2. The zero-order valence-electron chi connectivity index (χ0n) is 13.8. The van der Waals surface area contributed by atoms with E-state index in [1.807, 2.05) is 26.8 Å². The fourth-order valence-electron chi connectivity index (χ4n) is 2.16. The summed E-state index contributed by atoms with van der Waals surface area (Å²) in [6.07, 6.45) is 0.941. The molecular formula is C19H25NOS. The lowest BCUT2D eigenvalue weighted by Crippen LogP contribution is -2.34. The van der Waals surface area contributed by atoms with Gasteiger partial charge in [0.15, 0.2) is 0 Å². The average Bonchev–Trinajstić information content (AvgIpc) is 2.48. The third-order valence-corrected chi connectivity index (χ3v) is 5.25. The van der Waals surface area contributed by atoms with Crippen molar-refractivity contribution in [2.24, 2.45) is 0 Å². The van der Waals surface area contributed by atoms with Crippen LogP contribution in [0, 0.1) is 0 Å². The van der Waals surface area contributed by atoms with Gasteiger partial charge in [0.1, 0.15) is 0 Å². The maximum atomic E-state index is 12.2. The molecule has 3 heteroatoms. The van der Waals surface area contributed by atoms with Crippen molar-refractivity contribution in [1.29, 1.82) is 0 Å². The van der Waals surface area contributed by atoms with Crippen molar-refractivity contribution in [1.82, 2.24) is 4.72 Å². The van der Waals surface area contributed by atoms with E-state index in [1.54, 1.807) is 0 Å². The second kappa shape index (κ2) is 7.21. The fourth-order valence-corrected chi connectivity index (χ4v) is 2.97. The Hall–Kier alpha value is -1.45. The second-order valence-corrected chi connectivity index (χ2v) is 8.62. The lowest BCUT2D eigenvalue weighted by molar-refractivity contribution is 0.616. The van der Waals surface area contributed by atoms with E-state index in [1.165, 1.54) is 11.1 Å². The van der Waals surface area contributed by atoms with E-state index >= 15 is 0 Å². The maximum Gasteiger partial charge on any atom is 0.0975 e. The molecule has 1 unspecified atom stereocenters. The molecular weight excluding hydrogens is 290 g/mol. The van der Waals surface area contributed by atoms with Crippen LogP contribution in [0.25, 0.3) is 0 Å². The number of hydrogen-bond donors (Lipinski definition) is 1. The summed E-state index contributed by atoms with van der Waals surface area (Å²) < 4.78 is 15.1. The molecule has 2 aromatic rings. The normalized spacial score (nSPS) is 14.5. The van der Waals surface area contributed by atoms with Gasteiger partial charge >= 0.3 is 0 Å². The third-order valence-electron chi connectivity index (χ3n) is 3.57. The Balaban J connectivity index is 2.01. The Bertz CT molecular complexity index is 614. The van der Waals surface area contributed by atoms with Crippen LogP contribution in [0.3, 0.4) is 0 Å². The Kier molecular flexibility index (Phi) is 5.54. The zero-order chi connectivity index (χ0) is 16.2. The highest BCUT2D eigenvalue weighted by molar-refractivity contribution is 7.84. The lowest BCUT2D eigenvalue weighted by atomic mass is 10.0. The summed E-state index contributed by atoms with van der Waals surface area (Å²) in [5, 5.41) is 0. The summed E-state index contributed by atoms with van der Waals surface area (Å²) in [5.74, 6) is 0. The van der Waals surface area contributed by atoms with E-state index in [9.17, 15) is 4.21 Å². The molecule has 0 heterocycles. The fraction of sp³-hybridized carbons (Fsp3) is 0.368. The van der Waals surface area contributed by atoms with Gasteiger partial charge in [-0.25, -0.2) is 8.93 Å². The summed E-state index contributed by atoms with van der Waals surface area (Å²) in [4.78, 5) is 0. The Morgan fingerprint density at radius 1 is 0.955 bits per heavy atom. The molecule has 0 bridgehead atoms. The molecule has 0 saturated heterocycles. The molecule has 0 amide bonds. The first-order chi connectivity index (χ1) is 10.4. The lowest BCUT2D eigenvalue weighted by Gasteiger charge is -2.22. The molecule has 22 heavy (non-hydrogen) atoms. The van der Waals surface area contributed by atoms with Crippen LogP contribution in [0.5, 0.6) is 0 Å². The highest BCUT2D eigenvalue weighted by Gasteiger charge is 2.21. The van der Waals surface area contributed by atoms with E-state index in [4.69, 9.17) is 0 Å². The molecule has 2 atom stereocenters. The number of hydrogen-bond acceptors (Lipinski definition) is 1. The van der Waals surface area contributed by atoms with E-state index < -0.39 is 11.0 Å². The summed E-state index contributed by atoms with van der Waals surface area (Å²) in [6.45, 7) is 7.99. The third kappa shape index (κ3) is 4.79. The molecule has 0 spiro atoms. The van der Waals surface area contributed by atoms with Crippen LogP contribution in [0.15, 0.2) is 54.6 Å². The van der Waals surface area contributed by atoms with Crippen molar-refractivity contribution in [3.63, 3.8) is 0 Å². The average molecular weight is 315 g/mol. The zero-order valence-corrected chi connectivity index (χ0v) is 14.6. The SMILES string of the molecule is C[C@@H](NS(=O)C(C)(C)C)c1ccc(Cc2ccccc2)cc1. The van der Waals surface area contributed by atoms with Crippen LogP contribution >= 0.6 is 0 Å². The minimum atomic E-state index is -1.05. The van der Waals surface area contributed by atoms with Crippen LogP contribution in [0.1, 0.15) is 50.4 Å². The van der Waals surface area contributed by atoms with Gasteiger partial charge in [0.25, 0.3) is 0 Å². The molecule has 0 radical (unpaired) electrons. The molecule has 118 valence electrons. The first-order valence-corrected chi connectivity index (χ1v) is 8.82. The summed E-state index contributed by atoms with van der Waals surface area (Å²) in [7, 11) is -1.05. The van der Waals surface area contributed by atoms with Gasteiger partial charge in [-0.2, -0.15) is 0 Å². The van der Waals surface area contributed by atoms with E-state index in [2.05, 4.69) is 60.2 Å². The van der Waals surface area contributed by atoms with Crippen molar-refractivity contribution < 1.29 is 4.21 Å². The topological polar surface area (TPSA) is 29.1 Å². The molecule has 0 aliphatic carbocycles. The smallest absolute Gasteiger partial charge is 0.0975 e. The number of rotatable bonds is 5. The first kappa shape index (κ1) is 16.9. The van der Waals surface area contributed by atoms with E-state index in [-0.39, 0.29) is 10.8 Å². The Labute approximate surface area is 136 Å². The summed E-state index contributed by atoms with van der Waals surface area (Å²) in [6, 6.07) is 19.1. The molecule has 1 N–H and O–H groups in total. The predicted octanol–water partition coefficient (Wildman–Crippen LogP) is 4.39. The molecule has 0 aliphatic rings. The van der Waals surface area contributed by atoms with Gasteiger partial charge < -0.3 is 0 Å².